The molecule has 0 spiro atoms. The van der Waals surface area contributed by atoms with Gasteiger partial charge in [-0.1, -0.05) is 41.9 Å². The van der Waals surface area contributed by atoms with Crippen molar-refractivity contribution in [1.29, 1.82) is 5.26 Å². The number of likely N-dealkylation sites (N-methyl/N-ethyl adjacent to an activating group) is 1. The summed E-state index contributed by atoms with van der Waals surface area (Å²) < 4.78 is 4.79. The van der Waals surface area contributed by atoms with Gasteiger partial charge in [0.05, 0.1) is 30.3 Å². The number of aromatic nitrogens is 2. The van der Waals surface area contributed by atoms with Crippen molar-refractivity contribution in [3.63, 3.8) is 0 Å². The smallest absolute Gasteiger partial charge is 0.329 e. The summed E-state index contributed by atoms with van der Waals surface area (Å²) in [4.78, 5) is 23.4. The van der Waals surface area contributed by atoms with E-state index in [-0.39, 0.29) is 11.7 Å². The number of hydrogen-bond acceptors (Lipinski definition) is 7. The third-order valence-corrected chi connectivity index (χ3v) is 5.13. The zero-order chi connectivity index (χ0) is 21.7. The molecule has 0 saturated carbocycles. The number of ether oxygens (including phenoxy) is 1. The molecule has 154 valence electrons. The number of carbonyl (C=O) groups is 1. The molecule has 8 heteroatoms. The topological polar surface area (TPSA) is 91.1 Å². The van der Waals surface area contributed by atoms with Gasteiger partial charge in [0.1, 0.15) is 5.69 Å². The van der Waals surface area contributed by atoms with Crippen LogP contribution in [0, 0.1) is 11.3 Å². The fraction of sp³-hybridized carbons (Fsp3) is 0.273. The number of para-hydroxylation sites is 2. The number of rotatable bonds is 7. The second-order valence-electron chi connectivity index (χ2n) is 6.91. The number of anilines is 1. The molecule has 3 rings (SSSR count). The predicted molar refractivity (Wildman–Crippen MR) is 116 cm³/mol. The number of halogens is 1. The number of esters is 1. The summed E-state index contributed by atoms with van der Waals surface area (Å²) in [6, 6.07) is 16.8. The number of methoxy groups -OCH3 is 1. The molecular formula is C22H22ClN5O2. The van der Waals surface area contributed by atoms with Gasteiger partial charge in [-0.05, 0) is 37.9 Å². The number of nitrogens with one attached hydrogen (secondary N) is 1. The number of benzene rings is 2. The van der Waals surface area contributed by atoms with Crippen LogP contribution in [0.25, 0.3) is 11.0 Å². The Labute approximate surface area is 180 Å². The van der Waals surface area contributed by atoms with Gasteiger partial charge >= 0.3 is 5.97 Å². The number of nitrogens with zero attached hydrogens (tertiary/aromatic N) is 4. The quantitative estimate of drug-likeness (QED) is 0.578. The van der Waals surface area contributed by atoms with Crippen LogP contribution in [0.4, 0.5) is 5.82 Å². The molecule has 2 atom stereocenters. The van der Waals surface area contributed by atoms with Gasteiger partial charge in [0.25, 0.3) is 0 Å². The highest BCUT2D eigenvalue weighted by atomic mass is 35.5. The molecule has 0 saturated heterocycles. The van der Waals surface area contributed by atoms with Gasteiger partial charge in [0, 0.05) is 11.6 Å². The van der Waals surface area contributed by atoms with Crippen LogP contribution in [-0.4, -0.2) is 48.6 Å². The van der Waals surface area contributed by atoms with Crippen molar-refractivity contribution in [1.82, 2.24) is 14.9 Å². The maximum Gasteiger partial charge on any atom is 0.329 e. The Morgan fingerprint density at radius 1 is 1.17 bits per heavy atom. The van der Waals surface area contributed by atoms with E-state index in [2.05, 4.69) is 15.3 Å². The number of carbonyl (C=O) groups excluding carboxylic acids is 1. The molecule has 0 bridgehead atoms. The van der Waals surface area contributed by atoms with Gasteiger partial charge in [0.2, 0.25) is 0 Å². The molecule has 2 aromatic carbocycles. The van der Waals surface area contributed by atoms with E-state index < -0.39 is 11.9 Å². The Hall–Kier alpha value is -3.21. The Morgan fingerprint density at radius 3 is 2.40 bits per heavy atom. The first-order valence-corrected chi connectivity index (χ1v) is 9.73. The van der Waals surface area contributed by atoms with E-state index in [4.69, 9.17) is 16.3 Å². The van der Waals surface area contributed by atoms with Crippen molar-refractivity contribution in [2.45, 2.75) is 12.0 Å². The third kappa shape index (κ3) is 4.51. The minimum absolute atomic E-state index is 0.0708. The van der Waals surface area contributed by atoms with Crippen LogP contribution in [0.15, 0.2) is 48.5 Å². The van der Waals surface area contributed by atoms with Crippen LogP contribution >= 0.6 is 11.6 Å². The first kappa shape index (κ1) is 21.5. The molecule has 1 N–H and O–H groups in total. The number of hydrogen-bond donors (Lipinski definition) is 1. The van der Waals surface area contributed by atoms with Crippen LogP contribution < -0.4 is 5.32 Å². The van der Waals surface area contributed by atoms with Crippen LogP contribution in [0.1, 0.15) is 23.2 Å². The fourth-order valence-electron chi connectivity index (χ4n) is 3.20. The zero-order valence-electron chi connectivity index (χ0n) is 17.0. The van der Waals surface area contributed by atoms with Crippen LogP contribution in [0.5, 0.6) is 0 Å². The van der Waals surface area contributed by atoms with E-state index in [1.165, 1.54) is 7.11 Å². The lowest BCUT2D eigenvalue weighted by Gasteiger charge is -2.26. The lowest BCUT2D eigenvalue weighted by atomic mass is 10.0. The van der Waals surface area contributed by atoms with Crippen LogP contribution in [0.2, 0.25) is 5.02 Å². The van der Waals surface area contributed by atoms with Gasteiger partial charge in [-0.2, -0.15) is 5.26 Å². The van der Waals surface area contributed by atoms with E-state index in [0.29, 0.717) is 28.4 Å². The predicted octanol–water partition coefficient (Wildman–Crippen LogP) is 3.78. The summed E-state index contributed by atoms with van der Waals surface area (Å²) in [5, 5.41) is 13.5. The largest absolute Gasteiger partial charge is 0.468 e. The highest BCUT2D eigenvalue weighted by Gasteiger charge is 2.28. The molecular weight excluding hydrogens is 402 g/mol. The fourth-order valence-corrected chi connectivity index (χ4v) is 3.46. The average molecular weight is 424 g/mol. The van der Waals surface area contributed by atoms with Gasteiger partial charge in [0.15, 0.2) is 11.7 Å². The molecule has 0 fully saturated rings. The molecule has 0 unspecified atom stereocenters. The number of fused-ring (bicyclic) bond motifs is 1. The van der Waals surface area contributed by atoms with Crippen molar-refractivity contribution in [3.05, 3.63) is 64.8 Å². The third-order valence-electron chi connectivity index (χ3n) is 4.79. The standard InChI is InChI=1S/C22H22ClN5O2/c1-28(2)19(14-8-4-5-9-16(14)23)13-25-21-20(15(12-24)22(29)30-3)26-17-10-6-7-11-18(17)27-21/h4-11,15,19H,13H2,1-3H3,(H,25,27)/t15-,19-/m0/s1. The lowest BCUT2D eigenvalue weighted by Crippen LogP contribution is -2.28. The summed E-state index contributed by atoms with van der Waals surface area (Å²) in [7, 11) is 5.15. The van der Waals surface area contributed by atoms with Gasteiger partial charge in [-0.15, -0.1) is 0 Å². The molecule has 30 heavy (non-hydrogen) atoms. The zero-order valence-corrected chi connectivity index (χ0v) is 17.7. The van der Waals surface area contributed by atoms with E-state index in [9.17, 15) is 10.1 Å². The van der Waals surface area contributed by atoms with Gasteiger partial charge in [-0.3, -0.25) is 4.79 Å². The van der Waals surface area contributed by atoms with Crippen molar-refractivity contribution in [3.8, 4) is 6.07 Å². The van der Waals surface area contributed by atoms with E-state index in [0.717, 1.165) is 5.56 Å². The Balaban J connectivity index is 2.01. The first-order chi connectivity index (χ1) is 14.5. The van der Waals surface area contributed by atoms with Gasteiger partial charge in [-0.25, -0.2) is 9.97 Å². The summed E-state index contributed by atoms with van der Waals surface area (Å²) in [5.74, 6) is -1.50. The SMILES string of the molecule is COC(=O)[C@@H](C#N)c1nc2ccccc2nc1NC[C@@H](c1ccccc1Cl)N(C)C. The molecule has 0 aliphatic carbocycles. The average Bonchev–Trinajstić information content (AvgIpc) is 2.75. The highest BCUT2D eigenvalue weighted by Crippen LogP contribution is 2.29. The minimum Gasteiger partial charge on any atom is -0.468 e. The summed E-state index contributed by atoms with van der Waals surface area (Å²) in [6.07, 6.45) is 0. The molecule has 7 nitrogen and oxygen atoms in total. The summed E-state index contributed by atoms with van der Waals surface area (Å²) in [5.41, 5.74) is 2.44. The van der Waals surface area contributed by atoms with E-state index >= 15 is 0 Å². The maximum atomic E-state index is 12.2. The summed E-state index contributed by atoms with van der Waals surface area (Å²) >= 11 is 6.40. The molecule has 0 radical (unpaired) electrons. The van der Waals surface area contributed by atoms with Crippen LogP contribution in [0.3, 0.4) is 0 Å². The van der Waals surface area contributed by atoms with Crippen LogP contribution in [-0.2, 0) is 9.53 Å². The maximum absolute atomic E-state index is 12.2. The lowest BCUT2D eigenvalue weighted by molar-refractivity contribution is -0.141. The van der Waals surface area contributed by atoms with E-state index in [1.54, 1.807) is 6.07 Å². The van der Waals surface area contributed by atoms with Crippen molar-refractivity contribution in [2.24, 2.45) is 0 Å². The second kappa shape index (κ2) is 9.53. The molecule has 1 heterocycles. The normalized spacial score (nSPS) is 12.9. The van der Waals surface area contributed by atoms with Crippen molar-refractivity contribution >= 4 is 34.4 Å². The monoisotopic (exact) mass is 423 g/mol. The van der Waals surface area contributed by atoms with Gasteiger partial charge < -0.3 is 15.0 Å². The Kier molecular flexibility index (Phi) is 6.83. The Bertz CT molecular complexity index is 1100. The van der Waals surface area contributed by atoms with Crippen molar-refractivity contribution in [2.75, 3.05) is 33.1 Å². The van der Waals surface area contributed by atoms with E-state index in [1.807, 2.05) is 67.5 Å². The molecule has 0 amide bonds. The van der Waals surface area contributed by atoms with Crippen molar-refractivity contribution < 1.29 is 9.53 Å². The number of nitriles is 1. The molecule has 0 aliphatic heterocycles. The first-order valence-electron chi connectivity index (χ1n) is 9.35. The molecule has 1 aromatic heterocycles. The summed E-state index contributed by atoms with van der Waals surface area (Å²) in [6.45, 7) is 0.441. The Morgan fingerprint density at radius 2 is 1.80 bits per heavy atom. The highest BCUT2D eigenvalue weighted by molar-refractivity contribution is 6.31. The minimum atomic E-state index is -1.19. The molecule has 0 aliphatic rings. The second-order valence-corrected chi connectivity index (χ2v) is 7.32. The molecule has 3 aromatic rings.